The minimum absolute atomic E-state index is 0.127. The summed E-state index contributed by atoms with van der Waals surface area (Å²) in [6.45, 7) is 1.96. The van der Waals surface area contributed by atoms with E-state index < -0.39 is 4.92 Å². The van der Waals surface area contributed by atoms with Crippen LogP contribution in [0.15, 0.2) is 46.9 Å². The van der Waals surface area contributed by atoms with Crippen LogP contribution in [0.1, 0.15) is 15.9 Å². The molecule has 0 spiro atoms. The van der Waals surface area contributed by atoms with Crippen LogP contribution in [0.3, 0.4) is 0 Å². The molecular formula is C15H13BrN2O3. The van der Waals surface area contributed by atoms with Crippen molar-refractivity contribution in [3.63, 3.8) is 0 Å². The van der Waals surface area contributed by atoms with Gasteiger partial charge in [0.2, 0.25) is 0 Å². The van der Waals surface area contributed by atoms with Crippen molar-refractivity contribution in [2.45, 2.75) is 6.92 Å². The monoisotopic (exact) mass is 348 g/mol. The molecule has 0 radical (unpaired) electrons. The number of nitro groups is 1. The molecule has 6 heteroatoms. The molecule has 1 amide bonds. The van der Waals surface area contributed by atoms with Gasteiger partial charge in [-0.05, 0) is 47.1 Å². The fraction of sp³-hybridized carbons (Fsp3) is 0.133. The molecule has 0 bridgehead atoms. The maximum absolute atomic E-state index is 12.4. The van der Waals surface area contributed by atoms with Gasteiger partial charge >= 0.3 is 0 Å². The second kappa shape index (κ2) is 6.05. The molecule has 0 aromatic heterocycles. The van der Waals surface area contributed by atoms with Crippen LogP contribution in [-0.4, -0.2) is 17.9 Å². The lowest BCUT2D eigenvalue weighted by molar-refractivity contribution is -0.385. The molecule has 108 valence electrons. The van der Waals surface area contributed by atoms with Gasteiger partial charge in [0.15, 0.2) is 0 Å². The predicted molar refractivity (Wildman–Crippen MR) is 84.7 cm³/mol. The summed E-state index contributed by atoms with van der Waals surface area (Å²) in [4.78, 5) is 24.3. The largest absolute Gasteiger partial charge is 0.311 e. The van der Waals surface area contributed by atoms with E-state index in [4.69, 9.17) is 0 Å². The van der Waals surface area contributed by atoms with Gasteiger partial charge in [-0.3, -0.25) is 14.9 Å². The van der Waals surface area contributed by atoms with Crippen LogP contribution in [0.2, 0.25) is 0 Å². The number of benzene rings is 2. The Bertz CT molecular complexity index is 699. The van der Waals surface area contributed by atoms with Gasteiger partial charge in [0.25, 0.3) is 11.6 Å². The number of carbonyl (C=O) groups is 1. The third-order valence-electron chi connectivity index (χ3n) is 3.12. The molecule has 0 atom stereocenters. The highest BCUT2D eigenvalue weighted by molar-refractivity contribution is 9.10. The van der Waals surface area contributed by atoms with Crippen LogP contribution < -0.4 is 4.90 Å². The molecule has 0 aliphatic rings. The molecule has 0 saturated heterocycles. The zero-order valence-electron chi connectivity index (χ0n) is 11.5. The van der Waals surface area contributed by atoms with E-state index in [2.05, 4.69) is 15.9 Å². The highest BCUT2D eigenvalue weighted by atomic mass is 79.9. The number of aryl methyl sites for hydroxylation is 1. The Morgan fingerprint density at radius 3 is 2.38 bits per heavy atom. The van der Waals surface area contributed by atoms with E-state index in [-0.39, 0.29) is 17.2 Å². The second-order valence-corrected chi connectivity index (χ2v) is 5.48. The summed E-state index contributed by atoms with van der Waals surface area (Å²) < 4.78 is 0.349. The average molecular weight is 349 g/mol. The lowest BCUT2D eigenvalue weighted by Crippen LogP contribution is -2.26. The molecule has 5 nitrogen and oxygen atoms in total. The van der Waals surface area contributed by atoms with Crippen molar-refractivity contribution in [3.8, 4) is 0 Å². The minimum Gasteiger partial charge on any atom is -0.311 e. The molecule has 0 heterocycles. The Hall–Kier alpha value is -2.21. The fourth-order valence-corrected chi connectivity index (χ4v) is 2.26. The standard InChI is InChI=1S/C15H13BrN2O3/c1-10-3-6-12(7-4-10)17(2)15(19)11-5-8-13(16)14(9-11)18(20)21/h3-9H,1-2H3. The predicted octanol–water partition coefficient (Wildman–Crippen LogP) is 3.94. The van der Waals surface area contributed by atoms with Crippen molar-refractivity contribution in [1.82, 2.24) is 0 Å². The molecule has 0 aliphatic heterocycles. The second-order valence-electron chi connectivity index (χ2n) is 4.62. The quantitative estimate of drug-likeness (QED) is 0.623. The number of nitro benzene ring substituents is 1. The van der Waals surface area contributed by atoms with Gasteiger partial charge in [0, 0.05) is 24.4 Å². The number of hydrogen-bond donors (Lipinski definition) is 0. The molecule has 21 heavy (non-hydrogen) atoms. The summed E-state index contributed by atoms with van der Waals surface area (Å²) in [6, 6.07) is 11.8. The molecule has 2 aromatic carbocycles. The molecule has 0 saturated carbocycles. The Kier molecular flexibility index (Phi) is 4.37. The van der Waals surface area contributed by atoms with Crippen molar-refractivity contribution in [2.24, 2.45) is 0 Å². The van der Waals surface area contributed by atoms with Gasteiger partial charge in [-0.15, -0.1) is 0 Å². The first-order valence-electron chi connectivity index (χ1n) is 6.19. The Morgan fingerprint density at radius 2 is 1.81 bits per heavy atom. The average Bonchev–Trinajstić information content (AvgIpc) is 2.46. The van der Waals surface area contributed by atoms with Crippen LogP contribution in [-0.2, 0) is 0 Å². The normalized spacial score (nSPS) is 10.2. The van der Waals surface area contributed by atoms with Crippen molar-refractivity contribution < 1.29 is 9.72 Å². The number of rotatable bonds is 3. The maximum Gasteiger partial charge on any atom is 0.284 e. The van der Waals surface area contributed by atoms with E-state index in [1.807, 2.05) is 31.2 Å². The smallest absolute Gasteiger partial charge is 0.284 e. The van der Waals surface area contributed by atoms with Crippen LogP contribution in [0.5, 0.6) is 0 Å². The summed E-state index contributed by atoms with van der Waals surface area (Å²) >= 11 is 3.10. The number of carbonyl (C=O) groups excluding carboxylic acids is 1. The van der Waals surface area contributed by atoms with Crippen molar-refractivity contribution in [1.29, 1.82) is 0 Å². The van der Waals surface area contributed by atoms with Crippen molar-refractivity contribution >= 4 is 33.2 Å². The SMILES string of the molecule is Cc1ccc(N(C)C(=O)c2ccc(Br)c([N+](=O)[O-])c2)cc1. The molecule has 0 fully saturated rings. The van der Waals surface area contributed by atoms with E-state index in [9.17, 15) is 14.9 Å². The number of hydrogen-bond acceptors (Lipinski definition) is 3. The zero-order chi connectivity index (χ0) is 15.6. The van der Waals surface area contributed by atoms with Crippen LogP contribution >= 0.6 is 15.9 Å². The van der Waals surface area contributed by atoms with E-state index in [0.717, 1.165) is 11.3 Å². The first kappa shape index (κ1) is 15.2. The molecule has 2 rings (SSSR count). The fourth-order valence-electron chi connectivity index (χ4n) is 1.86. The highest BCUT2D eigenvalue weighted by Gasteiger charge is 2.19. The topological polar surface area (TPSA) is 63.5 Å². The first-order chi connectivity index (χ1) is 9.90. The molecule has 0 N–H and O–H groups in total. The Morgan fingerprint density at radius 1 is 1.19 bits per heavy atom. The van der Waals surface area contributed by atoms with Gasteiger partial charge in [-0.2, -0.15) is 0 Å². The number of amides is 1. The first-order valence-corrected chi connectivity index (χ1v) is 6.98. The van der Waals surface area contributed by atoms with Crippen molar-refractivity contribution in [3.05, 3.63) is 68.2 Å². The van der Waals surface area contributed by atoms with Crippen molar-refractivity contribution in [2.75, 3.05) is 11.9 Å². The maximum atomic E-state index is 12.4. The van der Waals surface area contributed by atoms with E-state index in [1.54, 1.807) is 13.1 Å². The summed E-state index contributed by atoms with van der Waals surface area (Å²) in [5, 5.41) is 10.9. The number of nitrogens with zero attached hydrogens (tertiary/aromatic N) is 2. The van der Waals surface area contributed by atoms with Crippen LogP contribution in [0.25, 0.3) is 0 Å². The third-order valence-corrected chi connectivity index (χ3v) is 3.79. The Labute approximate surface area is 130 Å². The van der Waals surface area contributed by atoms with Gasteiger partial charge in [-0.1, -0.05) is 17.7 Å². The zero-order valence-corrected chi connectivity index (χ0v) is 13.1. The van der Waals surface area contributed by atoms with Gasteiger partial charge in [-0.25, -0.2) is 0 Å². The summed E-state index contributed by atoms with van der Waals surface area (Å²) in [6.07, 6.45) is 0. The summed E-state index contributed by atoms with van der Waals surface area (Å²) in [5.74, 6) is -0.297. The van der Waals surface area contributed by atoms with E-state index in [1.165, 1.54) is 17.0 Å². The molecule has 0 unspecified atom stereocenters. The summed E-state index contributed by atoms with van der Waals surface area (Å²) in [5.41, 5.74) is 1.97. The number of halogens is 1. The van der Waals surface area contributed by atoms with Gasteiger partial charge < -0.3 is 4.90 Å². The molecular weight excluding hydrogens is 336 g/mol. The van der Waals surface area contributed by atoms with Gasteiger partial charge in [0.05, 0.1) is 9.40 Å². The highest BCUT2D eigenvalue weighted by Crippen LogP contribution is 2.26. The van der Waals surface area contributed by atoms with Gasteiger partial charge in [0.1, 0.15) is 0 Å². The van der Waals surface area contributed by atoms with Crippen LogP contribution in [0.4, 0.5) is 11.4 Å². The van der Waals surface area contributed by atoms with E-state index in [0.29, 0.717) is 4.47 Å². The van der Waals surface area contributed by atoms with Crippen LogP contribution in [0, 0.1) is 17.0 Å². The number of anilines is 1. The lowest BCUT2D eigenvalue weighted by Gasteiger charge is -2.17. The third kappa shape index (κ3) is 3.28. The summed E-state index contributed by atoms with van der Waals surface area (Å²) in [7, 11) is 1.64. The molecule has 2 aromatic rings. The van der Waals surface area contributed by atoms with E-state index >= 15 is 0 Å². The Balaban J connectivity index is 2.33. The molecule has 0 aliphatic carbocycles. The minimum atomic E-state index is -0.521. The lowest BCUT2D eigenvalue weighted by atomic mass is 10.1.